The molecule has 19 heavy (non-hydrogen) atoms. The zero-order valence-electron chi connectivity index (χ0n) is 10.1. The number of phenolic OH excluding ortho intramolecular Hbond substituents is 1. The van der Waals surface area contributed by atoms with Crippen molar-refractivity contribution in [1.29, 1.82) is 0 Å². The first kappa shape index (κ1) is 13.4. The molecule has 0 radical (unpaired) electrons. The second kappa shape index (κ2) is 5.28. The minimum absolute atomic E-state index is 0.127. The third-order valence-electron chi connectivity index (χ3n) is 2.50. The second-order valence-corrected chi connectivity index (χ2v) is 4.57. The monoisotopic (exact) mass is 279 g/mol. The summed E-state index contributed by atoms with van der Waals surface area (Å²) in [6.45, 7) is 1.83. The summed E-state index contributed by atoms with van der Waals surface area (Å²) >= 11 is 5.88. The lowest BCUT2D eigenvalue weighted by Crippen LogP contribution is -2.12. The SMILES string of the molecule is Cc1cc(Cl)cc(NC(=O)c2cc(F)ccc2O)c1. The van der Waals surface area contributed by atoms with Crippen LogP contribution in [0.4, 0.5) is 10.1 Å². The molecule has 0 saturated heterocycles. The lowest BCUT2D eigenvalue weighted by Gasteiger charge is -2.08. The smallest absolute Gasteiger partial charge is 0.259 e. The van der Waals surface area contributed by atoms with Gasteiger partial charge in [0.25, 0.3) is 5.91 Å². The Morgan fingerprint density at radius 2 is 2.00 bits per heavy atom. The molecule has 0 fully saturated rings. The maximum Gasteiger partial charge on any atom is 0.259 e. The van der Waals surface area contributed by atoms with Crippen LogP contribution >= 0.6 is 11.6 Å². The van der Waals surface area contributed by atoms with E-state index in [1.807, 2.05) is 6.92 Å². The summed E-state index contributed by atoms with van der Waals surface area (Å²) in [5, 5.41) is 12.6. The average molecular weight is 280 g/mol. The van der Waals surface area contributed by atoms with E-state index in [9.17, 15) is 14.3 Å². The summed E-state index contributed by atoms with van der Waals surface area (Å²) in [5.74, 6) is -1.47. The number of nitrogens with one attached hydrogen (secondary N) is 1. The number of aryl methyl sites for hydroxylation is 1. The first-order chi connectivity index (χ1) is 8.95. The number of halogens is 2. The van der Waals surface area contributed by atoms with Crippen LogP contribution in [0.1, 0.15) is 15.9 Å². The van der Waals surface area contributed by atoms with E-state index in [1.165, 1.54) is 0 Å². The van der Waals surface area contributed by atoms with E-state index in [0.29, 0.717) is 10.7 Å². The van der Waals surface area contributed by atoms with Gasteiger partial charge >= 0.3 is 0 Å². The highest BCUT2D eigenvalue weighted by atomic mass is 35.5. The highest BCUT2D eigenvalue weighted by molar-refractivity contribution is 6.31. The third-order valence-corrected chi connectivity index (χ3v) is 2.72. The number of hydrogen-bond donors (Lipinski definition) is 2. The van der Waals surface area contributed by atoms with E-state index >= 15 is 0 Å². The van der Waals surface area contributed by atoms with Gasteiger partial charge in [-0.1, -0.05) is 11.6 Å². The van der Waals surface area contributed by atoms with Crippen LogP contribution in [0.15, 0.2) is 36.4 Å². The summed E-state index contributed by atoms with van der Waals surface area (Å²) in [5.41, 5.74) is 1.24. The second-order valence-electron chi connectivity index (χ2n) is 4.13. The maximum absolute atomic E-state index is 13.1. The first-order valence-corrected chi connectivity index (χ1v) is 5.90. The van der Waals surface area contributed by atoms with Gasteiger partial charge in [0.1, 0.15) is 11.6 Å². The van der Waals surface area contributed by atoms with Gasteiger partial charge in [-0.25, -0.2) is 4.39 Å². The number of anilines is 1. The lowest BCUT2D eigenvalue weighted by molar-refractivity contribution is 0.102. The van der Waals surface area contributed by atoms with Crippen molar-refractivity contribution < 1.29 is 14.3 Å². The van der Waals surface area contributed by atoms with E-state index in [2.05, 4.69) is 5.32 Å². The van der Waals surface area contributed by atoms with Gasteiger partial charge in [-0.2, -0.15) is 0 Å². The minimum Gasteiger partial charge on any atom is -0.507 e. The zero-order valence-corrected chi connectivity index (χ0v) is 10.8. The van der Waals surface area contributed by atoms with Gasteiger partial charge in [-0.05, 0) is 48.9 Å². The van der Waals surface area contributed by atoms with Crippen molar-refractivity contribution in [2.24, 2.45) is 0 Å². The van der Waals surface area contributed by atoms with Crippen LogP contribution in [-0.4, -0.2) is 11.0 Å². The van der Waals surface area contributed by atoms with Crippen LogP contribution in [0.5, 0.6) is 5.75 Å². The number of amides is 1. The van der Waals surface area contributed by atoms with Crippen LogP contribution in [0.3, 0.4) is 0 Å². The predicted octanol–water partition coefficient (Wildman–Crippen LogP) is 3.75. The van der Waals surface area contributed by atoms with Crippen molar-refractivity contribution >= 4 is 23.2 Å². The molecule has 0 heterocycles. The van der Waals surface area contributed by atoms with Crippen LogP contribution < -0.4 is 5.32 Å². The fourth-order valence-corrected chi connectivity index (χ4v) is 1.99. The van der Waals surface area contributed by atoms with Crippen LogP contribution in [0.2, 0.25) is 5.02 Å². The molecule has 0 aromatic heterocycles. The number of carbonyl (C=O) groups excluding carboxylic acids is 1. The summed E-state index contributed by atoms with van der Waals surface area (Å²) in [4.78, 5) is 11.9. The van der Waals surface area contributed by atoms with Crippen LogP contribution in [0, 0.1) is 12.7 Å². The fraction of sp³-hybridized carbons (Fsp3) is 0.0714. The Balaban J connectivity index is 2.28. The van der Waals surface area contributed by atoms with Gasteiger partial charge in [0.05, 0.1) is 5.56 Å². The van der Waals surface area contributed by atoms with E-state index < -0.39 is 11.7 Å². The summed E-state index contributed by atoms with van der Waals surface area (Å²) in [6.07, 6.45) is 0. The minimum atomic E-state index is -0.598. The molecule has 2 aromatic carbocycles. The molecular weight excluding hydrogens is 269 g/mol. The van der Waals surface area contributed by atoms with Gasteiger partial charge < -0.3 is 10.4 Å². The molecule has 0 bridgehead atoms. The third kappa shape index (κ3) is 3.23. The number of aromatic hydroxyl groups is 1. The lowest BCUT2D eigenvalue weighted by atomic mass is 10.1. The van der Waals surface area contributed by atoms with Crippen molar-refractivity contribution in [3.8, 4) is 5.75 Å². The molecule has 1 amide bonds. The maximum atomic E-state index is 13.1. The standard InChI is InChI=1S/C14H11ClFNO2/c1-8-4-9(15)6-11(5-8)17-14(19)12-7-10(16)2-3-13(12)18/h2-7,18H,1H3,(H,17,19). The fourth-order valence-electron chi connectivity index (χ4n) is 1.70. The normalized spacial score (nSPS) is 10.3. The molecule has 2 N–H and O–H groups in total. The van der Waals surface area contributed by atoms with Gasteiger partial charge in [-0.3, -0.25) is 4.79 Å². The molecule has 0 aliphatic rings. The molecular formula is C14H11ClFNO2. The van der Waals surface area contributed by atoms with Crippen molar-refractivity contribution in [2.45, 2.75) is 6.92 Å². The average Bonchev–Trinajstić information content (AvgIpc) is 2.30. The molecule has 98 valence electrons. The topological polar surface area (TPSA) is 49.3 Å². The molecule has 0 atom stereocenters. The van der Waals surface area contributed by atoms with Gasteiger partial charge in [0.2, 0.25) is 0 Å². The molecule has 0 saturated carbocycles. The molecule has 2 aromatic rings. The number of benzene rings is 2. The Labute approximate surface area is 114 Å². The number of carbonyl (C=O) groups is 1. The Hall–Kier alpha value is -2.07. The number of rotatable bonds is 2. The van der Waals surface area contributed by atoms with Gasteiger partial charge in [-0.15, -0.1) is 0 Å². The Kier molecular flexibility index (Phi) is 3.71. The summed E-state index contributed by atoms with van der Waals surface area (Å²) < 4.78 is 13.1. The molecule has 0 spiro atoms. The summed E-state index contributed by atoms with van der Waals surface area (Å²) in [6, 6.07) is 8.23. The van der Waals surface area contributed by atoms with Gasteiger partial charge in [0, 0.05) is 10.7 Å². The van der Waals surface area contributed by atoms with Gasteiger partial charge in [0.15, 0.2) is 0 Å². The van der Waals surface area contributed by atoms with Crippen LogP contribution in [-0.2, 0) is 0 Å². The molecule has 0 aliphatic heterocycles. The van der Waals surface area contributed by atoms with Crippen molar-refractivity contribution in [3.63, 3.8) is 0 Å². The zero-order chi connectivity index (χ0) is 14.0. The van der Waals surface area contributed by atoms with E-state index in [1.54, 1.807) is 18.2 Å². The van der Waals surface area contributed by atoms with Crippen molar-refractivity contribution in [1.82, 2.24) is 0 Å². The highest BCUT2D eigenvalue weighted by Crippen LogP contribution is 2.22. The first-order valence-electron chi connectivity index (χ1n) is 5.53. The van der Waals surface area contributed by atoms with Crippen molar-refractivity contribution in [2.75, 3.05) is 5.32 Å². The van der Waals surface area contributed by atoms with E-state index in [4.69, 9.17) is 11.6 Å². The Bertz CT molecular complexity index is 623. The number of phenols is 1. The van der Waals surface area contributed by atoms with Crippen LogP contribution in [0.25, 0.3) is 0 Å². The highest BCUT2D eigenvalue weighted by Gasteiger charge is 2.12. The predicted molar refractivity (Wildman–Crippen MR) is 72.2 cm³/mol. The quantitative estimate of drug-likeness (QED) is 0.880. The molecule has 3 nitrogen and oxygen atoms in total. The molecule has 2 rings (SSSR count). The largest absolute Gasteiger partial charge is 0.507 e. The number of hydrogen-bond acceptors (Lipinski definition) is 2. The Morgan fingerprint density at radius 1 is 1.26 bits per heavy atom. The van der Waals surface area contributed by atoms with E-state index in [-0.39, 0.29) is 11.3 Å². The van der Waals surface area contributed by atoms with E-state index in [0.717, 1.165) is 23.8 Å². The van der Waals surface area contributed by atoms with Crippen molar-refractivity contribution in [3.05, 3.63) is 58.4 Å². The molecule has 0 aliphatic carbocycles. The molecule has 0 unspecified atom stereocenters. The summed E-state index contributed by atoms with van der Waals surface area (Å²) in [7, 11) is 0. The Morgan fingerprint density at radius 3 is 2.68 bits per heavy atom. The molecule has 5 heteroatoms.